The lowest BCUT2D eigenvalue weighted by Gasteiger charge is -2.83. The van der Waals surface area contributed by atoms with E-state index in [2.05, 4.69) is 19.6 Å². The van der Waals surface area contributed by atoms with Crippen LogP contribution in [0.5, 0.6) is 0 Å². The summed E-state index contributed by atoms with van der Waals surface area (Å²) in [5.41, 5.74) is 0. The summed E-state index contributed by atoms with van der Waals surface area (Å²) >= 11 is 0. The molecule has 7 aliphatic heterocycles. The lowest BCUT2D eigenvalue weighted by molar-refractivity contribution is -0.218. The Morgan fingerprint density at radius 2 is 0.633 bits per heavy atom. The van der Waals surface area contributed by atoms with Gasteiger partial charge < -0.3 is 0 Å². The Bertz CT molecular complexity index is 1280. The molecular formula is C43H66B2N4. The number of rotatable bonds is 0. The van der Waals surface area contributed by atoms with Crippen LogP contribution >= 0.6 is 0 Å². The Morgan fingerprint density at radius 3 is 1.08 bits per heavy atom. The Morgan fingerprint density at radius 1 is 0.286 bits per heavy atom. The molecule has 7 saturated heterocycles. The van der Waals surface area contributed by atoms with E-state index in [0.717, 1.165) is 133 Å². The molecule has 264 valence electrons. The van der Waals surface area contributed by atoms with Crippen molar-refractivity contribution in [1.29, 1.82) is 0 Å². The van der Waals surface area contributed by atoms with Crippen molar-refractivity contribution < 1.29 is 0 Å². The van der Waals surface area contributed by atoms with Gasteiger partial charge in [0.1, 0.15) is 0 Å². The van der Waals surface area contributed by atoms with Crippen molar-refractivity contribution in [3.63, 3.8) is 0 Å². The predicted octanol–water partition coefficient (Wildman–Crippen LogP) is 8.22. The van der Waals surface area contributed by atoms with Gasteiger partial charge in [-0.2, -0.15) is 0 Å². The number of piperazine rings is 2. The van der Waals surface area contributed by atoms with Gasteiger partial charge in [0, 0.05) is 72.5 Å². The van der Waals surface area contributed by atoms with Crippen LogP contribution in [0, 0.1) is 11.8 Å². The summed E-state index contributed by atoms with van der Waals surface area (Å²) < 4.78 is 0. The molecule has 14 rings (SSSR count). The average Bonchev–Trinajstić information content (AvgIpc) is 3.16. The zero-order chi connectivity index (χ0) is 31.3. The van der Waals surface area contributed by atoms with E-state index in [9.17, 15) is 0 Å². The van der Waals surface area contributed by atoms with Crippen LogP contribution in [0.15, 0.2) is 0 Å². The first-order valence-corrected chi connectivity index (χ1v) is 23.5. The van der Waals surface area contributed by atoms with Gasteiger partial charge in [-0.1, -0.05) is 89.9 Å². The topological polar surface area (TPSA) is 13.0 Å². The molecule has 6 heteroatoms. The summed E-state index contributed by atoms with van der Waals surface area (Å²) in [5, 5.41) is 0. The molecule has 0 amide bonds. The molecule has 0 aromatic carbocycles. The second kappa shape index (κ2) is 10.4. The van der Waals surface area contributed by atoms with Gasteiger partial charge in [-0.25, -0.2) is 0 Å². The molecule has 18 unspecified atom stereocenters. The first-order valence-electron chi connectivity index (χ1n) is 23.5. The summed E-state index contributed by atoms with van der Waals surface area (Å²) in [6.07, 6.45) is 36.0. The molecule has 4 nitrogen and oxygen atoms in total. The van der Waals surface area contributed by atoms with Crippen molar-refractivity contribution in [3.05, 3.63) is 0 Å². The first-order chi connectivity index (χ1) is 24.4. The Kier molecular flexibility index (Phi) is 6.22. The fraction of sp³-hybridized carbons (Fsp3) is 1.00. The Labute approximate surface area is 299 Å². The van der Waals surface area contributed by atoms with Gasteiger partial charge in [-0.3, -0.25) is 19.6 Å². The van der Waals surface area contributed by atoms with E-state index in [1.165, 1.54) is 25.7 Å². The lowest BCUT2D eigenvalue weighted by atomic mass is 9.11. The Hall–Kier alpha value is -0.0301. The molecular weight excluding hydrogens is 594 g/mol. The molecule has 7 saturated carbocycles. The lowest BCUT2D eigenvalue weighted by Crippen LogP contribution is -2.92. The third kappa shape index (κ3) is 3.43. The van der Waals surface area contributed by atoms with Crippen molar-refractivity contribution in [1.82, 2.24) is 19.6 Å². The van der Waals surface area contributed by atoms with Gasteiger partial charge in [0.05, 0.1) is 0 Å². The molecule has 0 aromatic heterocycles. The van der Waals surface area contributed by atoms with Crippen LogP contribution in [0.25, 0.3) is 0 Å². The highest BCUT2D eigenvalue weighted by Crippen LogP contribution is 2.74. The maximum Gasteiger partial charge on any atom is 0.157 e. The van der Waals surface area contributed by atoms with Crippen LogP contribution < -0.4 is 0 Å². The number of nitrogens with zero attached hydrogens (tertiary/aromatic N) is 4. The maximum absolute atomic E-state index is 3.59. The van der Waals surface area contributed by atoms with E-state index < -0.39 is 0 Å². The van der Waals surface area contributed by atoms with Crippen molar-refractivity contribution in [2.24, 2.45) is 11.8 Å². The molecule has 0 N–H and O–H groups in total. The van der Waals surface area contributed by atoms with Crippen LogP contribution in [-0.4, -0.2) is 106 Å². The van der Waals surface area contributed by atoms with E-state index in [-0.39, 0.29) is 0 Å². The van der Waals surface area contributed by atoms with Crippen LogP contribution in [0.3, 0.4) is 0 Å². The molecule has 7 heterocycles. The van der Waals surface area contributed by atoms with Gasteiger partial charge in [0.15, 0.2) is 13.4 Å². The predicted molar refractivity (Wildman–Crippen MR) is 200 cm³/mol. The van der Waals surface area contributed by atoms with E-state index in [0.29, 0.717) is 0 Å². The van der Waals surface area contributed by atoms with Gasteiger partial charge >= 0.3 is 0 Å². The summed E-state index contributed by atoms with van der Waals surface area (Å²) in [6, 6.07) is 11.0. The van der Waals surface area contributed by atoms with E-state index in [4.69, 9.17) is 0 Å². The molecule has 14 aliphatic rings. The normalized spacial score (nSPS) is 61.2. The average molecular weight is 661 g/mol. The molecule has 7 aliphatic carbocycles. The highest BCUT2D eigenvalue weighted by molar-refractivity contribution is 6.67. The highest BCUT2D eigenvalue weighted by Gasteiger charge is 2.80. The molecule has 0 bridgehead atoms. The van der Waals surface area contributed by atoms with Crippen molar-refractivity contribution in [3.8, 4) is 0 Å². The third-order valence-corrected chi connectivity index (χ3v) is 21.2. The molecule has 0 aromatic rings. The summed E-state index contributed by atoms with van der Waals surface area (Å²) in [6.45, 7) is 2.14. The zero-order valence-corrected chi connectivity index (χ0v) is 30.8. The first kappa shape index (κ1) is 29.3. The van der Waals surface area contributed by atoms with Gasteiger partial charge in [0.25, 0.3) is 0 Å². The number of hydrogen-bond donors (Lipinski definition) is 0. The van der Waals surface area contributed by atoms with Crippen molar-refractivity contribution >= 4 is 13.4 Å². The van der Waals surface area contributed by atoms with Gasteiger partial charge in [-0.15, -0.1) is 0 Å². The van der Waals surface area contributed by atoms with Gasteiger partial charge in [0.2, 0.25) is 0 Å². The van der Waals surface area contributed by atoms with Crippen molar-refractivity contribution in [2.45, 2.75) is 255 Å². The fourth-order valence-corrected chi connectivity index (χ4v) is 21.0. The standard InChI is InChI=1S/C43H66B2N4/c1-3-15-28-26(13-1)44-27-14-2-4-16-29(27)47-31-18-6-8-20-33(31)49-35-22-10-12-25-23-24-11-9-21-34-36(24)45(37(25)35)39-42-40(38(44)41(47)43(39)49)46(28)30-17-5-7-19-32(30)48(34)42/h24-43H,1-23H2. The molecule has 18 atom stereocenters. The molecule has 14 fully saturated rings. The Balaban J connectivity index is 1.05. The van der Waals surface area contributed by atoms with Crippen LogP contribution in [0.2, 0.25) is 34.9 Å². The molecule has 0 radical (unpaired) electrons. The van der Waals surface area contributed by atoms with Crippen molar-refractivity contribution in [2.75, 3.05) is 0 Å². The minimum Gasteiger partial charge on any atom is -0.292 e. The van der Waals surface area contributed by atoms with Gasteiger partial charge in [-0.05, 0) is 105 Å². The van der Waals surface area contributed by atoms with Crippen LogP contribution in [0.1, 0.15) is 148 Å². The zero-order valence-electron chi connectivity index (χ0n) is 30.8. The third-order valence-electron chi connectivity index (χ3n) is 21.2. The second-order valence-corrected chi connectivity index (χ2v) is 21.8. The summed E-state index contributed by atoms with van der Waals surface area (Å²) in [7, 11) is 0. The fourth-order valence-electron chi connectivity index (χ4n) is 21.0. The number of hydrogen-bond acceptors (Lipinski definition) is 4. The van der Waals surface area contributed by atoms with Crippen LogP contribution in [-0.2, 0) is 0 Å². The minimum absolute atomic E-state index is 0.900. The monoisotopic (exact) mass is 661 g/mol. The minimum atomic E-state index is 0.900. The smallest absolute Gasteiger partial charge is 0.157 e. The quantitative estimate of drug-likeness (QED) is 0.243. The molecule has 49 heavy (non-hydrogen) atoms. The molecule has 0 spiro atoms. The summed E-state index contributed by atoms with van der Waals surface area (Å²) in [5.74, 6) is 8.32. The number of fused-ring (bicyclic) bond motifs is 14. The second-order valence-electron chi connectivity index (χ2n) is 21.8. The SMILES string of the molecule is C1CCC2C(C1)B1C3CCCCC3N3C4CCCCC4N4C5CCCC6CC7CCCC8C7B(C65)C5C6C(C1C3C54)N2C1CCCCC1N86. The maximum atomic E-state index is 3.59. The highest BCUT2D eigenvalue weighted by atomic mass is 15.5. The largest absolute Gasteiger partial charge is 0.292 e. The summed E-state index contributed by atoms with van der Waals surface area (Å²) in [4.78, 5) is 14.3. The van der Waals surface area contributed by atoms with E-state index in [1.807, 2.05) is 0 Å². The van der Waals surface area contributed by atoms with E-state index >= 15 is 0 Å². The van der Waals surface area contributed by atoms with Crippen LogP contribution in [0.4, 0.5) is 0 Å². The van der Waals surface area contributed by atoms with E-state index in [1.54, 1.807) is 122 Å².